The molecule has 4 rings (SSSR count). The monoisotopic (exact) mass is 446 g/mol. The highest BCUT2D eigenvalue weighted by molar-refractivity contribution is 7.98. The van der Waals surface area contributed by atoms with Crippen LogP contribution in [0.5, 0.6) is 11.5 Å². The predicted octanol–water partition coefficient (Wildman–Crippen LogP) is 4.68. The molecule has 0 saturated carbocycles. The third kappa shape index (κ3) is 4.26. The molecule has 0 radical (unpaired) electrons. The quantitative estimate of drug-likeness (QED) is 0.432. The minimum absolute atomic E-state index is 0.271. The first-order chi connectivity index (χ1) is 14.6. The van der Waals surface area contributed by atoms with Gasteiger partial charge in [-0.1, -0.05) is 23.4 Å². The minimum Gasteiger partial charge on any atom is -0.497 e. The number of methoxy groups -OCH3 is 2. The number of aromatic nitrogens is 3. The van der Waals surface area contributed by atoms with Crippen LogP contribution in [0.4, 0.5) is 5.82 Å². The molecule has 1 fully saturated rings. The van der Waals surface area contributed by atoms with Crippen LogP contribution in [0.25, 0.3) is 22.2 Å². The first kappa shape index (κ1) is 21.0. The highest BCUT2D eigenvalue weighted by Crippen LogP contribution is 2.40. The van der Waals surface area contributed by atoms with Gasteiger partial charge in [-0.25, -0.2) is 15.0 Å². The fraction of sp³-hybridized carbons (Fsp3) is 0.381. The Balaban J connectivity index is 1.87. The van der Waals surface area contributed by atoms with Gasteiger partial charge in [0.05, 0.1) is 24.9 Å². The Morgan fingerprint density at radius 3 is 2.63 bits per heavy atom. The van der Waals surface area contributed by atoms with Crippen molar-refractivity contribution >= 4 is 40.1 Å². The molecular formula is C21H23ClN4O3S. The molecule has 1 aromatic carbocycles. The third-order valence-corrected chi connectivity index (χ3v) is 5.98. The van der Waals surface area contributed by atoms with Crippen molar-refractivity contribution in [1.82, 2.24) is 15.0 Å². The van der Waals surface area contributed by atoms with Gasteiger partial charge in [0, 0.05) is 42.5 Å². The molecule has 158 valence electrons. The van der Waals surface area contributed by atoms with E-state index in [2.05, 4.69) is 10.3 Å². The third-order valence-electron chi connectivity index (χ3n) is 5.03. The molecule has 1 saturated heterocycles. The summed E-state index contributed by atoms with van der Waals surface area (Å²) in [7, 11) is 3.18. The molecule has 0 bridgehead atoms. The normalized spacial score (nSPS) is 14.7. The van der Waals surface area contributed by atoms with Gasteiger partial charge in [-0.15, -0.1) is 0 Å². The lowest BCUT2D eigenvalue weighted by Gasteiger charge is -2.24. The van der Waals surface area contributed by atoms with Gasteiger partial charge in [0.15, 0.2) is 11.0 Å². The number of hydrogen-bond donors (Lipinski definition) is 1. The van der Waals surface area contributed by atoms with Crippen molar-refractivity contribution in [3.8, 4) is 22.8 Å². The molecule has 0 atom stereocenters. The molecule has 3 aromatic rings. The zero-order valence-corrected chi connectivity index (χ0v) is 18.6. The number of benzene rings is 1. The van der Waals surface area contributed by atoms with Gasteiger partial charge < -0.3 is 19.5 Å². The minimum atomic E-state index is 0.271. The van der Waals surface area contributed by atoms with Crippen molar-refractivity contribution < 1.29 is 14.2 Å². The molecule has 0 aliphatic carbocycles. The van der Waals surface area contributed by atoms with Crippen LogP contribution in [-0.2, 0) is 4.74 Å². The SMILES string of the molecule is COc1cc(OC)c(Cl)c(-c2cc3cnc(SC)nc3c(NC3CCOCC3)n2)c1. The van der Waals surface area contributed by atoms with E-state index in [4.69, 9.17) is 35.8 Å². The standard InChI is InChI=1S/C21H23ClN4O3S/c1-27-14-9-15(18(22)17(10-14)28-2)16-8-12-11-23-21(30-3)26-19(12)20(25-16)24-13-4-6-29-7-5-13/h8-11,13H,4-7H2,1-3H3,(H,24,25). The summed E-state index contributed by atoms with van der Waals surface area (Å²) in [4.78, 5) is 14.0. The maximum absolute atomic E-state index is 6.62. The summed E-state index contributed by atoms with van der Waals surface area (Å²) in [5.74, 6) is 1.88. The van der Waals surface area contributed by atoms with E-state index >= 15 is 0 Å². The second kappa shape index (κ2) is 9.24. The van der Waals surface area contributed by atoms with Crippen molar-refractivity contribution in [3.63, 3.8) is 0 Å². The van der Waals surface area contributed by atoms with E-state index in [9.17, 15) is 0 Å². The zero-order valence-electron chi connectivity index (χ0n) is 17.1. The van der Waals surface area contributed by atoms with Crippen LogP contribution in [0.2, 0.25) is 5.02 Å². The molecule has 2 aromatic heterocycles. The second-order valence-corrected chi connectivity index (χ2v) is 8.02. The van der Waals surface area contributed by atoms with Gasteiger partial charge >= 0.3 is 0 Å². The average molecular weight is 447 g/mol. The van der Waals surface area contributed by atoms with Gasteiger partial charge in [-0.05, 0) is 31.2 Å². The predicted molar refractivity (Wildman–Crippen MR) is 120 cm³/mol. The van der Waals surface area contributed by atoms with E-state index in [1.807, 2.05) is 24.6 Å². The average Bonchev–Trinajstić information content (AvgIpc) is 2.79. The number of halogens is 1. The van der Waals surface area contributed by atoms with Crippen LogP contribution in [-0.4, -0.2) is 54.7 Å². The molecule has 1 aliphatic heterocycles. The maximum atomic E-state index is 6.62. The number of pyridine rings is 1. The molecule has 7 nitrogen and oxygen atoms in total. The molecule has 1 aliphatic rings. The molecule has 9 heteroatoms. The molecular weight excluding hydrogens is 424 g/mol. The van der Waals surface area contributed by atoms with Crippen molar-refractivity contribution in [2.75, 3.05) is 39.0 Å². The van der Waals surface area contributed by atoms with Gasteiger partial charge in [-0.2, -0.15) is 0 Å². The first-order valence-electron chi connectivity index (χ1n) is 9.61. The number of thioether (sulfide) groups is 1. The summed E-state index contributed by atoms with van der Waals surface area (Å²) in [5, 5.41) is 5.62. The van der Waals surface area contributed by atoms with Gasteiger partial charge in [-0.3, -0.25) is 0 Å². The number of hydrogen-bond acceptors (Lipinski definition) is 8. The van der Waals surface area contributed by atoms with Crippen molar-refractivity contribution in [3.05, 3.63) is 29.4 Å². The van der Waals surface area contributed by atoms with Crippen molar-refractivity contribution in [1.29, 1.82) is 0 Å². The molecule has 0 amide bonds. The van der Waals surface area contributed by atoms with Crippen LogP contribution < -0.4 is 14.8 Å². The number of fused-ring (bicyclic) bond motifs is 1. The summed E-state index contributed by atoms with van der Waals surface area (Å²) in [5.41, 5.74) is 2.20. The Morgan fingerprint density at radius 2 is 1.93 bits per heavy atom. The number of anilines is 1. The van der Waals surface area contributed by atoms with Crippen LogP contribution in [0.15, 0.2) is 29.6 Å². The van der Waals surface area contributed by atoms with Crippen LogP contribution >= 0.6 is 23.4 Å². The van der Waals surface area contributed by atoms with E-state index in [1.54, 1.807) is 20.3 Å². The van der Waals surface area contributed by atoms with Crippen LogP contribution in [0.1, 0.15) is 12.8 Å². The largest absolute Gasteiger partial charge is 0.497 e. The Hall–Kier alpha value is -2.29. The van der Waals surface area contributed by atoms with E-state index in [0.29, 0.717) is 33.2 Å². The number of nitrogens with one attached hydrogen (secondary N) is 1. The van der Waals surface area contributed by atoms with E-state index in [-0.39, 0.29) is 6.04 Å². The molecule has 3 heterocycles. The van der Waals surface area contributed by atoms with Crippen molar-refractivity contribution in [2.24, 2.45) is 0 Å². The smallest absolute Gasteiger partial charge is 0.187 e. The Labute approximate surface area is 184 Å². The highest BCUT2D eigenvalue weighted by atomic mass is 35.5. The fourth-order valence-electron chi connectivity index (χ4n) is 3.42. The van der Waals surface area contributed by atoms with E-state index in [0.717, 1.165) is 42.5 Å². The van der Waals surface area contributed by atoms with E-state index < -0.39 is 0 Å². The number of nitrogens with zero attached hydrogens (tertiary/aromatic N) is 3. The topological polar surface area (TPSA) is 78.4 Å². The summed E-state index contributed by atoms with van der Waals surface area (Å²) in [6.45, 7) is 1.47. The Morgan fingerprint density at radius 1 is 1.13 bits per heavy atom. The maximum Gasteiger partial charge on any atom is 0.187 e. The van der Waals surface area contributed by atoms with Gasteiger partial charge in [0.25, 0.3) is 0 Å². The zero-order chi connectivity index (χ0) is 21.1. The van der Waals surface area contributed by atoms with Gasteiger partial charge in [0.1, 0.15) is 17.0 Å². The lowest BCUT2D eigenvalue weighted by molar-refractivity contribution is 0.0904. The molecule has 1 N–H and O–H groups in total. The summed E-state index contributed by atoms with van der Waals surface area (Å²) < 4.78 is 16.3. The molecule has 30 heavy (non-hydrogen) atoms. The fourth-order valence-corrected chi connectivity index (χ4v) is 4.04. The summed E-state index contributed by atoms with van der Waals surface area (Å²) in [6, 6.07) is 5.82. The summed E-state index contributed by atoms with van der Waals surface area (Å²) in [6.07, 6.45) is 5.61. The molecule has 0 spiro atoms. The second-order valence-electron chi connectivity index (χ2n) is 6.87. The van der Waals surface area contributed by atoms with Crippen LogP contribution in [0.3, 0.4) is 0 Å². The van der Waals surface area contributed by atoms with Gasteiger partial charge in [0.2, 0.25) is 0 Å². The lowest BCUT2D eigenvalue weighted by Crippen LogP contribution is -2.28. The van der Waals surface area contributed by atoms with E-state index in [1.165, 1.54) is 11.8 Å². The highest BCUT2D eigenvalue weighted by Gasteiger charge is 2.20. The van der Waals surface area contributed by atoms with Crippen LogP contribution in [0, 0.1) is 0 Å². The van der Waals surface area contributed by atoms with Crippen molar-refractivity contribution in [2.45, 2.75) is 24.0 Å². The molecule has 0 unspecified atom stereocenters. The Bertz CT molecular complexity index is 1060. The Kier molecular flexibility index (Phi) is 6.46. The first-order valence-corrected chi connectivity index (χ1v) is 11.2. The number of ether oxygens (including phenoxy) is 3. The number of rotatable bonds is 6. The lowest BCUT2D eigenvalue weighted by atomic mass is 10.1. The summed E-state index contributed by atoms with van der Waals surface area (Å²) >= 11 is 8.12.